The van der Waals surface area contributed by atoms with E-state index in [1.807, 2.05) is 12.1 Å². The van der Waals surface area contributed by atoms with Gasteiger partial charge in [-0.3, -0.25) is 4.99 Å². The molecule has 1 aliphatic heterocycles. The highest BCUT2D eigenvalue weighted by Gasteiger charge is 2.31. The van der Waals surface area contributed by atoms with Gasteiger partial charge in [0, 0.05) is 44.7 Å². The van der Waals surface area contributed by atoms with Crippen molar-refractivity contribution in [3.05, 3.63) is 24.2 Å². The second-order valence-corrected chi connectivity index (χ2v) is 6.28. The highest BCUT2D eigenvalue weighted by atomic mass is 127. The number of furan rings is 1. The first kappa shape index (κ1) is 18.6. The van der Waals surface area contributed by atoms with Crippen LogP contribution in [0.15, 0.2) is 27.8 Å². The fraction of sp³-hybridized carbons (Fsp3) is 0.706. The number of nitrogens with zero attached hydrogens (tertiary/aromatic N) is 2. The molecule has 2 heterocycles. The highest BCUT2D eigenvalue weighted by Crippen LogP contribution is 2.29. The summed E-state index contributed by atoms with van der Waals surface area (Å²) in [5, 5.41) is 6.95. The van der Waals surface area contributed by atoms with Gasteiger partial charge in [-0.15, -0.1) is 24.0 Å². The zero-order valence-corrected chi connectivity index (χ0v) is 16.3. The topological polar surface area (TPSA) is 52.8 Å². The number of aliphatic imine (C=N–C) groups is 1. The summed E-state index contributed by atoms with van der Waals surface area (Å²) in [6.45, 7) is 6.22. The standard InChI is InChI=1S/C17H28N4O.HI/c1-2-18-17(19-10-7-16-4-3-13-22-16)20-14-8-11-21(12-9-14)15-5-6-15;/h3-4,13-15H,2,5-12H2,1H3,(H2,18,19,20);1H. The van der Waals surface area contributed by atoms with E-state index in [9.17, 15) is 0 Å². The fourth-order valence-electron chi connectivity index (χ4n) is 3.09. The third-order valence-corrected chi connectivity index (χ3v) is 4.49. The van der Waals surface area contributed by atoms with E-state index in [0.717, 1.165) is 37.3 Å². The molecule has 0 unspecified atom stereocenters. The molecule has 1 aromatic rings. The van der Waals surface area contributed by atoms with Gasteiger partial charge in [0.15, 0.2) is 5.96 Å². The molecule has 1 aromatic heterocycles. The lowest BCUT2D eigenvalue weighted by Crippen LogP contribution is -2.49. The van der Waals surface area contributed by atoms with Crippen LogP contribution in [0.2, 0.25) is 0 Å². The van der Waals surface area contributed by atoms with Crippen LogP contribution in [0.3, 0.4) is 0 Å². The molecule has 0 atom stereocenters. The molecule has 23 heavy (non-hydrogen) atoms. The Bertz CT molecular complexity index is 465. The largest absolute Gasteiger partial charge is 0.469 e. The van der Waals surface area contributed by atoms with E-state index in [2.05, 4.69) is 27.4 Å². The van der Waals surface area contributed by atoms with Crippen LogP contribution in [0.1, 0.15) is 38.4 Å². The summed E-state index contributed by atoms with van der Waals surface area (Å²) in [4.78, 5) is 7.32. The normalized spacial score (nSPS) is 20.1. The predicted octanol–water partition coefficient (Wildman–Crippen LogP) is 2.62. The molecule has 1 aliphatic carbocycles. The lowest BCUT2D eigenvalue weighted by atomic mass is 10.1. The smallest absolute Gasteiger partial charge is 0.191 e. The number of guanidine groups is 1. The molecule has 130 valence electrons. The first-order chi connectivity index (χ1) is 10.8. The number of hydrogen-bond donors (Lipinski definition) is 2. The Morgan fingerprint density at radius 2 is 2.09 bits per heavy atom. The van der Waals surface area contributed by atoms with Crippen LogP contribution in [0.5, 0.6) is 0 Å². The number of rotatable bonds is 6. The van der Waals surface area contributed by atoms with Crippen LogP contribution < -0.4 is 10.6 Å². The van der Waals surface area contributed by atoms with Crippen LogP contribution in [-0.4, -0.2) is 49.1 Å². The first-order valence-corrected chi connectivity index (χ1v) is 8.66. The maximum absolute atomic E-state index is 5.35. The van der Waals surface area contributed by atoms with E-state index in [1.165, 1.54) is 38.8 Å². The van der Waals surface area contributed by atoms with Crippen molar-refractivity contribution in [2.75, 3.05) is 26.2 Å². The summed E-state index contributed by atoms with van der Waals surface area (Å²) in [5.41, 5.74) is 0. The van der Waals surface area contributed by atoms with Crippen molar-refractivity contribution in [2.24, 2.45) is 4.99 Å². The van der Waals surface area contributed by atoms with E-state index in [0.29, 0.717) is 6.04 Å². The molecule has 0 radical (unpaired) electrons. The Balaban J connectivity index is 0.00000192. The Morgan fingerprint density at radius 3 is 2.70 bits per heavy atom. The number of halogens is 1. The van der Waals surface area contributed by atoms with E-state index in [4.69, 9.17) is 4.42 Å². The predicted molar refractivity (Wildman–Crippen MR) is 105 cm³/mol. The minimum Gasteiger partial charge on any atom is -0.469 e. The average molecular weight is 432 g/mol. The maximum atomic E-state index is 5.35. The van der Waals surface area contributed by atoms with Crippen molar-refractivity contribution < 1.29 is 4.42 Å². The van der Waals surface area contributed by atoms with E-state index in [1.54, 1.807) is 6.26 Å². The molecular weight excluding hydrogens is 403 g/mol. The zero-order valence-electron chi connectivity index (χ0n) is 14.0. The molecule has 2 aliphatic rings. The van der Waals surface area contributed by atoms with Crippen molar-refractivity contribution in [1.82, 2.24) is 15.5 Å². The molecule has 1 saturated carbocycles. The Hall–Kier alpha value is -0.760. The Labute approximate surface area is 156 Å². The fourth-order valence-corrected chi connectivity index (χ4v) is 3.09. The lowest BCUT2D eigenvalue weighted by Gasteiger charge is -2.33. The average Bonchev–Trinajstić information content (AvgIpc) is 3.25. The van der Waals surface area contributed by atoms with Gasteiger partial charge in [-0.05, 0) is 44.7 Å². The summed E-state index contributed by atoms with van der Waals surface area (Å²) in [6.07, 6.45) is 7.84. The van der Waals surface area contributed by atoms with E-state index in [-0.39, 0.29) is 24.0 Å². The molecule has 1 saturated heterocycles. The highest BCUT2D eigenvalue weighted by molar-refractivity contribution is 14.0. The summed E-state index contributed by atoms with van der Waals surface area (Å²) < 4.78 is 5.35. The first-order valence-electron chi connectivity index (χ1n) is 8.66. The van der Waals surface area contributed by atoms with Crippen molar-refractivity contribution in [2.45, 2.75) is 51.1 Å². The van der Waals surface area contributed by atoms with Crippen LogP contribution in [-0.2, 0) is 6.42 Å². The van der Waals surface area contributed by atoms with Gasteiger partial charge in [0.1, 0.15) is 5.76 Å². The molecule has 2 N–H and O–H groups in total. The Morgan fingerprint density at radius 1 is 1.30 bits per heavy atom. The maximum Gasteiger partial charge on any atom is 0.191 e. The molecule has 0 aromatic carbocycles. The number of likely N-dealkylation sites (tertiary alicyclic amines) is 1. The third-order valence-electron chi connectivity index (χ3n) is 4.49. The summed E-state index contributed by atoms with van der Waals surface area (Å²) >= 11 is 0. The van der Waals surface area contributed by atoms with Gasteiger partial charge in [0.05, 0.1) is 6.26 Å². The van der Waals surface area contributed by atoms with Gasteiger partial charge in [-0.2, -0.15) is 0 Å². The minimum absolute atomic E-state index is 0. The van der Waals surface area contributed by atoms with E-state index < -0.39 is 0 Å². The van der Waals surface area contributed by atoms with Gasteiger partial charge in [-0.25, -0.2) is 0 Å². The van der Waals surface area contributed by atoms with Crippen molar-refractivity contribution in [1.29, 1.82) is 0 Å². The van der Waals surface area contributed by atoms with E-state index >= 15 is 0 Å². The molecule has 2 fully saturated rings. The lowest BCUT2D eigenvalue weighted by molar-refractivity contribution is 0.197. The number of piperidine rings is 1. The van der Waals surface area contributed by atoms with Gasteiger partial charge in [-0.1, -0.05) is 0 Å². The molecular formula is C17H29IN4O. The quantitative estimate of drug-likeness (QED) is 0.412. The second-order valence-electron chi connectivity index (χ2n) is 6.28. The summed E-state index contributed by atoms with van der Waals surface area (Å²) in [6, 6.07) is 5.38. The van der Waals surface area contributed by atoms with Gasteiger partial charge < -0.3 is 20.0 Å². The summed E-state index contributed by atoms with van der Waals surface area (Å²) in [5.74, 6) is 1.94. The molecule has 5 nitrogen and oxygen atoms in total. The second kappa shape index (κ2) is 9.52. The molecule has 3 rings (SSSR count). The van der Waals surface area contributed by atoms with Gasteiger partial charge >= 0.3 is 0 Å². The van der Waals surface area contributed by atoms with Crippen LogP contribution in [0, 0.1) is 0 Å². The monoisotopic (exact) mass is 432 g/mol. The number of nitrogens with one attached hydrogen (secondary N) is 2. The Kier molecular flexibility index (Phi) is 7.69. The molecule has 0 bridgehead atoms. The third kappa shape index (κ3) is 5.99. The molecule has 6 heteroatoms. The number of hydrogen-bond acceptors (Lipinski definition) is 3. The van der Waals surface area contributed by atoms with Gasteiger partial charge in [0.2, 0.25) is 0 Å². The van der Waals surface area contributed by atoms with Crippen molar-refractivity contribution in [3.8, 4) is 0 Å². The summed E-state index contributed by atoms with van der Waals surface area (Å²) in [7, 11) is 0. The molecule has 0 spiro atoms. The van der Waals surface area contributed by atoms with Crippen LogP contribution >= 0.6 is 24.0 Å². The van der Waals surface area contributed by atoms with Crippen LogP contribution in [0.4, 0.5) is 0 Å². The van der Waals surface area contributed by atoms with Gasteiger partial charge in [0.25, 0.3) is 0 Å². The van der Waals surface area contributed by atoms with Crippen molar-refractivity contribution >= 4 is 29.9 Å². The zero-order chi connectivity index (χ0) is 15.2. The van der Waals surface area contributed by atoms with Crippen molar-refractivity contribution in [3.63, 3.8) is 0 Å². The SMILES string of the molecule is CCNC(=NCCc1ccco1)NC1CCN(C2CC2)CC1.I. The molecule has 0 amide bonds. The minimum atomic E-state index is 0. The van der Waals surface area contributed by atoms with Crippen LogP contribution in [0.25, 0.3) is 0 Å².